The second-order valence-corrected chi connectivity index (χ2v) is 17.9. The van der Waals surface area contributed by atoms with E-state index in [0.717, 1.165) is 49.8 Å². The minimum atomic E-state index is -4.58. The van der Waals surface area contributed by atoms with E-state index in [-0.39, 0.29) is 45.3 Å². The largest absolute Gasteiger partial charge is 0.492 e. The number of fused-ring (bicyclic) bond motifs is 1. The van der Waals surface area contributed by atoms with E-state index in [1.165, 1.54) is 63.4 Å². The minimum absolute atomic E-state index is 0.0341. The highest BCUT2D eigenvalue weighted by Crippen LogP contribution is 2.46. The van der Waals surface area contributed by atoms with Crippen LogP contribution in [0.15, 0.2) is 71.6 Å². The van der Waals surface area contributed by atoms with Crippen LogP contribution in [0.3, 0.4) is 0 Å². The first-order valence-corrected chi connectivity index (χ1v) is 21.7. The van der Waals surface area contributed by atoms with Gasteiger partial charge in [0.05, 0.1) is 40.2 Å². The van der Waals surface area contributed by atoms with E-state index >= 15 is 0 Å². The van der Waals surface area contributed by atoms with Crippen molar-refractivity contribution in [3.8, 4) is 17.0 Å². The molecule has 1 aliphatic heterocycles. The number of aromatic nitrogens is 1. The van der Waals surface area contributed by atoms with Crippen LogP contribution in [0.1, 0.15) is 112 Å². The minimum Gasteiger partial charge on any atom is -0.492 e. The van der Waals surface area contributed by atoms with Gasteiger partial charge >= 0.3 is 6.18 Å². The molecule has 2 heterocycles. The summed E-state index contributed by atoms with van der Waals surface area (Å²) in [5.74, 6) is 0.0314. The van der Waals surface area contributed by atoms with Crippen LogP contribution in [0.2, 0.25) is 0 Å². The zero-order valence-corrected chi connectivity index (χ0v) is 32.7. The molecule has 55 heavy (non-hydrogen) atoms. The van der Waals surface area contributed by atoms with Gasteiger partial charge in [-0.2, -0.15) is 13.2 Å². The summed E-state index contributed by atoms with van der Waals surface area (Å²) >= 11 is 0. The highest BCUT2D eigenvalue weighted by molar-refractivity contribution is 7.91. The summed E-state index contributed by atoms with van der Waals surface area (Å²) in [6, 6.07) is 18.5. The third-order valence-corrected chi connectivity index (χ3v) is 13.8. The average molecular weight is 776 g/mol. The maximum absolute atomic E-state index is 14.9. The molecule has 1 aromatic heterocycles. The summed E-state index contributed by atoms with van der Waals surface area (Å²) < 4.78 is 75.3. The number of nitrogens with one attached hydrogen (secondary N) is 1. The van der Waals surface area contributed by atoms with Crippen LogP contribution in [0.5, 0.6) is 5.75 Å². The molecular weight excluding hydrogens is 724 g/mol. The number of nitrogens with zero attached hydrogens (tertiary/aromatic N) is 2. The standard InChI is InChI=1S/C44H52F3N3O4S/c1-3-54-38-29-37-36(28-39(38)55(52,53)4-2)40(42(51)49-43(23-24-43)32-16-6-5-7-17-32)35(41(48-37)31-15-12-18-33(27-31)44(45,46)47)20-11-14-30-13-10-19-34(22-21-30)50-25-8-9-26-50/h5-7,12,15-18,27-30,34H,3-4,8-11,13-14,19-26H2,1-2H3,(H,49,51). The van der Waals surface area contributed by atoms with Gasteiger partial charge in [-0.1, -0.05) is 68.7 Å². The van der Waals surface area contributed by atoms with Gasteiger partial charge in [0.2, 0.25) is 0 Å². The zero-order valence-electron chi connectivity index (χ0n) is 31.9. The molecule has 3 aliphatic rings. The SMILES string of the molecule is CCOc1cc2nc(-c3cccc(C(F)(F)F)c3)c(CCCC3CCCC(N4CCCC4)CC3)c(C(=O)NC3(c4ccccc4)CC3)c2cc1S(=O)(=O)CC. The van der Waals surface area contributed by atoms with E-state index in [9.17, 15) is 26.4 Å². The van der Waals surface area contributed by atoms with Crippen molar-refractivity contribution in [2.45, 2.75) is 114 Å². The van der Waals surface area contributed by atoms with Crippen molar-refractivity contribution in [2.75, 3.05) is 25.4 Å². The van der Waals surface area contributed by atoms with Crippen LogP contribution in [-0.2, 0) is 28.0 Å². The smallest absolute Gasteiger partial charge is 0.416 e. The number of ether oxygens (including phenoxy) is 1. The molecule has 1 saturated heterocycles. The highest BCUT2D eigenvalue weighted by atomic mass is 32.2. The molecule has 2 atom stereocenters. The van der Waals surface area contributed by atoms with Crippen molar-refractivity contribution in [3.05, 3.63) is 89.0 Å². The molecule has 0 bridgehead atoms. The normalized spacial score (nSPS) is 20.3. The van der Waals surface area contributed by atoms with E-state index in [1.807, 2.05) is 30.3 Å². The van der Waals surface area contributed by atoms with E-state index < -0.39 is 33.0 Å². The van der Waals surface area contributed by atoms with Crippen molar-refractivity contribution in [3.63, 3.8) is 0 Å². The first kappa shape index (κ1) is 39.3. The highest BCUT2D eigenvalue weighted by Gasteiger charge is 2.46. The van der Waals surface area contributed by atoms with Crippen molar-refractivity contribution >= 4 is 26.6 Å². The molecule has 11 heteroatoms. The van der Waals surface area contributed by atoms with Crippen molar-refractivity contribution in [1.82, 2.24) is 15.2 Å². The molecule has 2 unspecified atom stereocenters. The molecule has 3 aromatic carbocycles. The van der Waals surface area contributed by atoms with Crippen LogP contribution in [-0.4, -0.2) is 55.7 Å². The predicted molar refractivity (Wildman–Crippen MR) is 210 cm³/mol. The Bertz CT molecular complexity index is 2110. The Hall–Kier alpha value is -3.96. The lowest BCUT2D eigenvalue weighted by atomic mass is 9.88. The molecule has 4 aromatic rings. The van der Waals surface area contributed by atoms with Gasteiger partial charge in [-0.25, -0.2) is 13.4 Å². The molecule has 7 rings (SSSR count). The fraction of sp³-hybridized carbons (Fsp3) is 0.500. The number of sulfone groups is 1. The number of pyridine rings is 1. The van der Waals surface area contributed by atoms with Crippen LogP contribution >= 0.6 is 0 Å². The average Bonchev–Trinajstić information content (AvgIpc) is 3.83. The van der Waals surface area contributed by atoms with Crippen molar-refractivity contribution in [2.24, 2.45) is 5.92 Å². The quantitative estimate of drug-likeness (QED) is 0.136. The van der Waals surface area contributed by atoms with Crippen LogP contribution in [0.25, 0.3) is 22.2 Å². The molecule has 2 aliphatic carbocycles. The number of carbonyl (C=O) groups excluding carboxylic acids is 1. The van der Waals surface area contributed by atoms with Gasteiger partial charge in [0.1, 0.15) is 10.6 Å². The summed E-state index contributed by atoms with van der Waals surface area (Å²) in [5, 5.41) is 3.64. The lowest BCUT2D eigenvalue weighted by molar-refractivity contribution is -0.137. The molecule has 1 amide bonds. The molecule has 2 saturated carbocycles. The molecule has 7 nitrogen and oxygen atoms in total. The molecular formula is C44H52F3N3O4S. The Morgan fingerprint density at radius 2 is 1.71 bits per heavy atom. The Balaban J connectivity index is 1.35. The molecule has 0 radical (unpaired) electrons. The number of carbonyl (C=O) groups is 1. The van der Waals surface area contributed by atoms with Crippen molar-refractivity contribution in [1.29, 1.82) is 0 Å². The Morgan fingerprint density at radius 3 is 2.40 bits per heavy atom. The van der Waals surface area contributed by atoms with E-state index in [0.29, 0.717) is 35.8 Å². The number of alkyl halides is 3. The maximum atomic E-state index is 14.9. The Morgan fingerprint density at radius 1 is 0.945 bits per heavy atom. The van der Waals surface area contributed by atoms with E-state index in [2.05, 4.69) is 10.2 Å². The van der Waals surface area contributed by atoms with Crippen molar-refractivity contribution < 1.29 is 31.1 Å². The third-order valence-electron chi connectivity index (χ3n) is 12.0. The fourth-order valence-corrected chi connectivity index (χ4v) is 9.93. The number of halogens is 3. The number of hydrogen-bond donors (Lipinski definition) is 1. The Labute approximate surface area is 323 Å². The van der Waals surface area contributed by atoms with E-state index in [1.54, 1.807) is 19.9 Å². The second kappa shape index (κ2) is 16.3. The maximum Gasteiger partial charge on any atom is 0.416 e. The molecule has 0 spiro atoms. The number of hydrogen-bond acceptors (Lipinski definition) is 6. The summed E-state index contributed by atoms with van der Waals surface area (Å²) in [4.78, 5) is 22.5. The van der Waals surface area contributed by atoms with Gasteiger partial charge in [-0.3, -0.25) is 4.79 Å². The molecule has 3 fully saturated rings. The summed E-state index contributed by atoms with van der Waals surface area (Å²) in [6.07, 6.45) is 7.25. The topological polar surface area (TPSA) is 88.6 Å². The lowest BCUT2D eigenvalue weighted by Crippen LogP contribution is -2.35. The fourth-order valence-electron chi connectivity index (χ4n) is 8.90. The monoisotopic (exact) mass is 775 g/mol. The first-order valence-electron chi connectivity index (χ1n) is 20.1. The number of likely N-dealkylation sites (tertiary alicyclic amines) is 1. The van der Waals surface area contributed by atoms with Gasteiger partial charge in [0.25, 0.3) is 5.91 Å². The number of rotatable bonds is 13. The summed E-state index contributed by atoms with van der Waals surface area (Å²) in [7, 11) is -3.81. The van der Waals surface area contributed by atoms with Gasteiger partial charge < -0.3 is 15.0 Å². The summed E-state index contributed by atoms with van der Waals surface area (Å²) in [6.45, 7) is 5.86. The summed E-state index contributed by atoms with van der Waals surface area (Å²) in [5.41, 5.74) is 1.15. The zero-order chi connectivity index (χ0) is 38.8. The molecule has 294 valence electrons. The van der Waals surface area contributed by atoms with Crippen LogP contribution in [0.4, 0.5) is 13.2 Å². The second-order valence-electron chi connectivity index (χ2n) is 15.6. The number of benzene rings is 3. The Kier molecular flexibility index (Phi) is 11.6. The van der Waals surface area contributed by atoms with Gasteiger partial charge in [0.15, 0.2) is 9.84 Å². The number of amides is 1. The van der Waals surface area contributed by atoms with Gasteiger partial charge in [0, 0.05) is 23.1 Å². The van der Waals surface area contributed by atoms with Gasteiger partial charge in [-0.05, 0) is 113 Å². The van der Waals surface area contributed by atoms with E-state index in [4.69, 9.17) is 9.72 Å². The lowest BCUT2D eigenvalue weighted by Gasteiger charge is -2.26. The predicted octanol–water partition coefficient (Wildman–Crippen LogP) is 9.90. The molecule has 1 N–H and O–H groups in total. The third kappa shape index (κ3) is 8.58. The van der Waals surface area contributed by atoms with Gasteiger partial charge in [-0.15, -0.1) is 0 Å². The van der Waals surface area contributed by atoms with Crippen LogP contribution < -0.4 is 10.1 Å². The van der Waals surface area contributed by atoms with Crippen LogP contribution in [0, 0.1) is 5.92 Å². The first-order chi connectivity index (χ1) is 26.4.